The molecule has 1 saturated carbocycles. The summed E-state index contributed by atoms with van der Waals surface area (Å²) in [4.78, 5) is 0. The van der Waals surface area contributed by atoms with Gasteiger partial charge in [0.1, 0.15) is 0 Å². The highest BCUT2D eigenvalue weighted by Gasteiger charge is 2.32. The third kappa shape index (κ3) is 3.98. The highest BCUT2D eigenvalue weighted by molar-refractivity contribution is 5.08. The number of alkyl halides is 3. The molecule has 1 N–H and O–H groups in total. The van der Waals surface area contributed by atoms with Crippen molar-refractivity contribution in [3.63, 3.8) is 0 Å². The third-order valence-corrected chi connectivity index (χ3v) is 4.01. The minimum absolute atomic E-state index is 0.521. The van der Waals surface area contributed by atoms with Gasteiger partial charge in [0.05, 0.1) is 11.8 Å². The SMILES string of the molecule is CCCNC1CCCC1CCn1cc(C(F)(F)F)cn1. The standard InChI is InChI=1S/C14H22F3N3/c1-2-7-18-13-5-3-4-11(13)6-8-20-10-12(9-19-20)14(15,16)17/h9-11,13,18H,2-8H2,1H3. The van der Waals surface area contributed by atoms with Gasteiger partial charge in [-0.15, -0.1) is 0 Å². The summed E-state index contributed by atoms with van der Waals surface area (Å²) in [6.07, 6.45) is 3.25. The average Bonchev–Trinajstić information content (AvgIpc) is 3.02. The van der Waals surface area contributed by atoms with Crippen LogP contribution < -0.4 is 5.32 Å². The zero-order valence-corrected chi connectivity index (χ0v) is 11.8. The molecule has 0 radical (unpaired) electrons. The van der Waals surface area contributed by atoms with E-state index >= 15 is 0 Å². The molecule has 1 aliphatic rings. The number of hydrogen-bond donors (Lipinski definition) is 1. The number of aryl methyl sites for hydroxylation is 1. The van der Waals surface area contributed by atoms with Crippen LogP contribution in [0.3, 0.4) is 0 Å². The first-order chi connectivity index (χ1) is 9.50. The third-order valence-electron chi connectivity index (χ3n) is 4.01. The van der Waals surface area contributed by atoms with E-state index in [1.165, 1.54) is 17.5 Å². The van der Waals surface area contributed by atoms with Crippen LogP contribution in [0, 0.1) is 5.92 Å². The van der Waals surface area contributed by atoms with Gasteiger partial charge >= 0.3 is 6.18 Å². The van der Waals surface area contributed by atoms with E-state index in [1.54, 1.807) is 0 Å². The molecule has 1 heterocycles. The molecule has 0 spiro atoms. The minimum Gasteiger partial charge on any atom is -0.314 e. The summed E-state index contributed by atoms with van der Waals surface area (Å²) in [5.41, 5.74) is -0.662. The van der Waals surface area contributed by atoms with E-state index in [2.05, 4.69) is 17.3 Å². The molecule has 6 heteroatoms. The molecule has 2 atom stereocenters. The van der Waals surface area contributed by atoms with E-state index < -0.39 is 11.7 Å². The van der Waals surface area contributed by atoms with E-state index in [0.29, 0.717) is 18.5 Å². The maximum Gasteiger partial charge on any atom is 0.419 e. The second-order valence-corrected chi connectivity index (χ2v) is 5.53. The highest BCUT2D eigenvalue weighted by Crippen LogP contribution is 2.30. The summed E-state index contributed by atoms with van der Waals surface area (Å²) in [7, 11) is 0. The normalized spacial score (nSPS) is 23.4. The summed E-state index contributed by atoms with van der Waals surface area (Å²) < 4.78 is 38.9. The summed E-state index contributed by atoms with van der Waals surface area (Å²) in [6.45, 7) is 3.71. The van der Waals surface area contributed by atoms with Crippen molar-refractivity contribution in [2.75, 3.05) is 6.54 Å². The van der Waals surface area contributed by atoms with Gasteiger partial charge < -0.3 is 5.32 Å². The van der Waals surface area contributed by atoms with Crippen molar-refractivity contribution in [1.82, 2.24) is 15.1 Å². The Kier molecular flexibility index (Phi) is 5.07. The molecule has 20 heavy (non-hydrogen) atoms. The Bertz CT molecular complexity index is 414. The molecule has 1 aromatic rings. The predicted octanol–water partition coefficient (Wildman–Crippen LogP) is 3.46. The Morgan fingerprint density at radius 2 is 2.20 bits per heavy atom. The van der Waals surface area contributed by atoms with Gasteiger partial charge in [0.15, 0.2) is 0 Å². The monoisotopic (exact) mass is 289 g/mol. The molecule has 0 amide bonds. The molecule has 0 bridgehead atoms. The number of nitrogens with zero attached hydrogens (tertiary/aromatic N) is 2. The van der Waals surface area contributed by atoms with Crippen LogP contribution in [0.25, 0.3) is 0 Å². The van der Waals surface area contributed by atoms with E-state index in [4.69, 9.17) is 0 Å². The van der Waals surface area contributed by atoms with Crippen molar-refractivity contribution in [2.24, 2.45) is 5.92 Å². The van der Waals surface area contributed by atoms with E-state index in [9.17, 15) is 13.2 Å². The maximum absolute atomic E-state index is 12.5. The minimum atomic E-state index is -4.29. The van der Waals surface area contributed by atoms with Crippen molar-refractivity contribution in [2.45, 2.75) is 57.8 Å². The summed E-state index contributed by atoms with van der Waals surface area (Å²) in [6, 6.07) is 0.521. The zero-order valence-electron chi connectivity index (χ0n) is 11.8. The van der Waals surface area contributed by atoms with Crippen LogP contribution >= 0.6 is 0 Å². The molecule has 1 fully saturated rings. The molecule has 2 rings (SSSR count). The summed E-state index contributed by atoms with van der Waals surface area (Å²) >= 11 is 0. The zero-order chi connectivity index (χ0) is 14.6. The van der Waals surface area contributed by atoms with Gasteiger partial charge in [-0.25, -0.2) is 0 Å². The lowest BCUT2D eigenvalue weighted by molar-refractivity contribution is -0.137. The van der Waals surface area contributed by atoms with Gasteiger partial charge in [0.2, 0.25) is 0 Å². The van der Waals surface area contributed by atoms with E-state index in [1.807, 2.05) is 0 Å². The van der Waals surface area contributed by atoms with Crippen LogP contribution in [0.15, 0.2) is 12.4 Å². The molecule has 0 aliphatic heterocycles. The number of hydrogen-bond acceptors (Lipinski definition) is 2. The van der Waals surface area contributed by atoms with Crippen LogP contribution in [0.1, 0.15) is 44.6 Å². The molecular weight excluding hydrogens is 267 g/mol. The number of rotatable bonds is 6. The number of halogens is 3. The Morgan fingerprint density at radius 3 is 2.85 bits per heavy atom. The van der Waals surface area contributed by atoms with E-state index in [-0.39, 0.29) is 0 Å². The molecule has 2 unspecified atom stereocenters. The molecule has 114 valence electrons. The predicted molar refractivity (Wildman–Crippen MR) is 71.3 cm³/mol. The highest BCUT2D eigenvalue weighted by atomic mass is 19.4. The summed E-state index contributed by atoms with van der Waals surface area (Å²) in [5.74, 6) is 0.556. The topological polar surface area (TPSA) is 29.9 Å². The van der Waals surface area contributed by atoms with Crippen molar-refractivity contribution in [1.29, 1.82) is 0 Å². The first-order valence-electron chi connectivity index (χ1n) is 7.33. The van der Waals surface area contributed by atoms with Crippen LogP contribution in [0.2, 0.25) is 0 Å². The fraction of sp³-hybridized carbons (Fsp3) is 0.786. The van der Waals surface area contributed by atoms with Gasteiger partial charge in [0, 0.05) is 18.8 Å². The Morgan fingerprint density at radius 1 is 1.40 bits per heavy atom. The molecule has 0 saturated heterocycles. The average molecular weight is 289 g/mol. The lowest BCUT2D eigenvalue weighted by Gasteiger charge is -2.20. The van der Waals surface area contributed by atoms with E-state index in [0.717, 1.165) is 38.2 Å². The fourth-order valence-electron chi connectivity index (χ4n) is 2.91. The lowest BCUT2D eigenvalue weighted by Crippen LogP contribution is -2.33. The van der Waals surface area contributed by atoms with Crippen molar-refractivity contribution in [3.05, 3.63) is 18.0 Å². The molecule has 0 aromatic carbocycles. The van der Waals surface area contributed by atoms with Gasteiger partial charge in [-0.05, 0) is 38.1 Å². The van der Waals surface area contributed by atoms with Gasteiger partial charge in [-0.3, -0.25) is 4.68 Å². The Hall–Kier alpha value is -1.04. The van der Waals surface area contributed by atoms with Crippen LogP contribution in [0.4, 0.5) is 13.2 Å². The van der Waals surface area contributed by atoms with Gasteiger partial charge in [0.25, 0.3) is 0 Å². The van der Waals surface area contributed by atoms with Gasteiger partial charge in [-0.1, -0.05) is 13.3 Å². The van der Waals surface area contributed by atoms with Crippen molar-refractivity contribution in [3.8, 4) is 0 Å². The van der Waals surface area contributed by atoms with Crippen LogP contribution in [-0.2, 0) is 12.7 Å². The Labute approximate surface area is 117 Å². The Balaban J connectivity index is 1.84. The maximum atomic E-state index is 12.5. The largest absolute Gasteiger partial charge is 0.419 e. The molecule has 1 aliphatic carbocycles. The second-order valence-electron chi connectivity index (χ2n) is 5.53. The summed E-state index contributed by atoms with van der Waals surface area (Å²) in [5, 5.41) is 7.34. The lowest BCUT2D eigenvalue weighted by atomic mass is 9.99. The molecular formula is C14H22F3N3. The molecule has 3 nitrogen and oxygen atoms in total. The molecule has 1 aromatic heterocycles. The first-order valence-corrected chi connectivity index (χ1v) is 7.33. The van der Waals surface area contributed by atoms with Crippen molar-refractivity contribution >= 4 is 0 Å². The number of aromatic nitrogens is 2. The first kappa shape index (κ1) is 15.4. The van der Waals surface area contributed by atoms with Crippen LogP contribution in [-0.4, -0.2) is 22.4 Å². The van der Waals surface area contributed by atoms with Crippen LogP contribution in [0.5, 0.6) is 0 Å². The second kappa shape index (κ2) is 6.61. The van der Waals surface area contributed by atoms with Gasteiger partial charge in [-0.2, -0.15) is 18.3 Å². The number of nitrogens with one attached hydrogen (secondary N) is 1. The van der Waals surface area contributed by atoms with Crippen molar-refractivity contribution < 1.29 is 13.2 Å². The fourth-order valence-corrected chi connectivity index (χ4v) is 2.91. The quantitative estimate of drug-likeness (QED) is 0.869. The smallest absolute Gasteiger partial charge is 0.314 e.